The highest BCUT2D eigenvalue weighted by molar-refractivity contribution is 5.94. The summed E-state index contributed by atoms with van der Waals surface area (Å²) < 4.78 is 5.54. The first-order chi connectivity index (χ1) is 9.74. The summed E-state index contributed by atoms with van der Waals surface area (Å²) in [5.41, 5.74) is 1.75. The van der Waals surface area contributed by atoms with Gasteiger partial charge in [0.15, 0.2) is 0 Å². The molecule has 0 saturated carbocycles. The Bertz CT molecular complexity index is 625. The van der Waals surface area contributed by atoms with Crippen molar-refractivity contribution in [3.8, 4) is 5.75 Å². The zero-order chi connectivity index (χ0) is 14.4. The molecule has 102 valence electrons. The number of ether oxygens (including phenoxy) is 1. The second-order valence-electron chi connectivity index (χ2n) is 4.04. The van der Waals surface area contributed by atoms with Crippen LogP contribution in [0.25, 0.3) is 5.57 Å². The van der Waals surface area contributed by atoms with E-state index in [2.05, 4.69) is 4.99 Å². The quantitative estimate of drug-likeness (QED) is 0.912. The Morgan fingerprint density at radius 1 is 1.35 bits per heavy atom. The van der Waals surface area contributed by atoms with Crippen molar-refractivity contribution in [2.45, 2.75) is 6.92 Å². The normalized spacial score (nSPS) is 15.2. The zero-order valence-electron chi connectivity index (χ0n) is 11.1. The van der Waals surface area contributed by atoms with Gasteiger partial charge in [0.05, 0.1) is 6.61 Å². The van der Waals surface area contributed by atoms with Crippen molar-refractivity contribution in [1.82, 2.24) is 0 Å². The molecule has 4 nitrogen and oxygen atoms in total. The van der Waals surface area contributed by atoms with Crippen LogP contribution in [-0.2, 0) is 0 Å². The number of carboxylic acids is 1. The van der Waals surface area contributed by atoms with E-state index in [1.807, 2.05) is 37.3 Å². The van der Waals surface area contributed by atoms with E-state index in [4.69, 9.17) is 4.74 Å². The van der Waals surface area contributed by atoms with Crippen molar-refractivity contribution in [3.05, 3.63) is 59.8 Å². The molecule has 2 rings (SSSR count). The number of carboxylic acid groups (broad SMARTS) is 1. The fraction of sp³-hybridized carbons (Fsp3) is 0.125. The summed E-state index contributed by atoms with van der Waals surface area (Å²) in [6, 6.07) is 5.09. The van der Waals surface area contributed by atoms with E-state index < -0.39 is 5.97 Å². The van der Waals surface area contributed by atoms with Gasteiger partial charge in [-0.15, -0.1) is 0 Å². The second kappa shape index (κ2) is 6.52. The van der Waals surface area contributed by atoms with Crippen molar-refractivity contribution < 1.29 is 14.6 Å². The Balaban J connectivity index is 2.55. The third kappa shape index (κ3) is 3.03. The number of carbonyl (C=O) groups is 1. The molecular formula is C16H15NO3. The van der Waals surface area contributed by atoms with E-state index in [-0.39, 0.29) is 5.56 Å². The molecule has 0 fully saturated rings. The molecule has 1 aliphatic rings. The van der Waals surface area contributed by atoms with Gasteiger partial charge in [-0.2, -0.15) is 0 Å². The molecule has 1 heterocycles. The summed E-state index contributed by atoms with van der Waals surface area (Å²) in [7, 11) is 0. The van der Waals surface area contributed by atoms with Crippen LogP contribution in [0.3, 0.4) is 0 Å². The first-order valence-corrected chi connectivity index (χ1v) is 6.30. The molecule has 4 heteroatoms. The molecule has 0 amide bonds. The number of para-hydroxylation sites is 1. The van der Waals surface area contributed by atoms with E-state index in [0.29, 0.717) is 12.4 Å². The first-order valence-electron chi connectivity index (χ1n) is 6.30. The molecule has 0 bridgehead atoms. The highest BCUT2D eigenvalue weighted by Crippen LogP contribution is 2.31. The SMILES string of the molecule is CCOc1c(C(=O)O)cccc1C1=C/C=C\C=NC=C1. The Hall–Kier alpha value is -2.62. The van der Waals surface area contributed by atoms with Crippen LogP contribution in [0.5, 0.6) is 5.75 Å². The molecule has 0 radical (unpaired) electrons. The Morgan fingerprint density at radius 3 is 2.95 bits per heavy atom. The molecule has 0 saturated heterocycles. The van der Waals surface area contributed by atoms with Crippen LogP contribution in [0.4, 0.5) is 0 Å². The minimum atomic E-state index is -1.00. The van der Waals surface area contributed by atoms with Gasteiger partial charge in [0.25, 0.3) is 0 Å². The maximum atomic E-state index is 11.3. The predicted octanol–water partition coefficient (Wildman–Crippen LogP) is 3.32. The van der Waals surface area contributed by atoms with E-state index >= 15 is 0 Å². The molecule has 1 N–H and O–H groups in total. The maximum absolute atomic E-state index is 11.3. The topological polar surface area (TPSA) is 58.9 Å². The fourth-order valence-electron chi connectivity index (χ4n) is 1.90. The largest absolute Gasteiger partial charge is 0.492 e. The van der Waals surface area contributed by atoms with Gasteiger partial charge in [0, 0.05) is 18.0 Å². The van der Waals surface area contributed by atoms with E-state index in [1.165, 1.54) is 6.07 Å². The van der Waals surface area contributed by atoms with Gasteiger partial charge in [-0.1, -0.05) is 24.3 Å². The van der Waals surface area contributed by atoms with E-state index in [1.54, 1.807) is 18.5 Å². The van der Waals surface area contributed by atoms with Crippen molar-refractivity contribution >= 4 is 17.8 Å². The highest BCUT2D eigenvalue weighted by Gasteiger charge is 2.16. The van der Waals surface area contributed by atoms with Gasteiger partial charge in [-0.05, 0) is 30.7 Å². The molecule has 0 unspecified atom stereocenters. The number of aromatic carboxylic acids is 1. The van der Waals surface area contributed by atoms with Crippen molar-refractivity contribution in [1.29, 1.82) is 0 Å². The Kier molecular flexibility index (Phi) is 4.50. The van der Waals surface area contributed by atoms with Gasteiger partial charge < -0.3 is 9.84 Å². The molecule has 0 atom stereocenters. The number of hydrogen-bond donors (Lipinski definition) is 1. The summed E-state index contributed by atoms with van der Waals surface area (Å²) >= 11 is 0. The minimum absolute atomic E-state index is 0.160. The smallest absolute Gasteiger partial charge is 0.339 e. The Labute approximate surface area is 117 Å². The minimum Gasteiger partial charge on any atom is -0.492 e. The van der Waals surface area contributed by atoms with E-state index in [9.17, 15) is 9.90 Å². The summed E-state index contributed by atoms with van der Waals surface area (Å²) in [6.07, 6.45) is 10.7. The molecule has 1 aromatic carbocycles. The van der Waals surface area contributed by atoms with Gasteiger partial charge in [-0.25, -0.2) is 4.79 Å². The highest BCUT2D eigenvalue weighted by atomic mass is 16.5. The molecule has 1 aliphatic heterocycles. The lowest BCUT2D eigenvalue weighted by molar-refractivity contribution is 0.0692. The summed E-state index contributed by atoms with van der Waals surface area (Å²) in [5.74, 6) is -0.615. The van der Waals surface area contributed by atoms with Gasteiger partial charge in [0.2, 0.25) is 0 Å². The first kappa shape index (κ1) is 13.8. The van der Waals surface area contributed by atoms with Crippen LogP contribution < -0.4 is 4.74 Å². The van der Waals surface area contributed by atoms with Gasteiger partial charge >= 0.3 is 5.97 Å². The zero-order valence-corrected chi connectivity index (χ0v) is 11.1. The lowest BCUT2D eigenvalue weighted by Crippen LogP contribution is -2.05. The fourth-order valence-corrected chi connectivity index (χ4v) is 1.90. The molecule has 0 aromatic heterocycles. The maximum Gasteiger partial charge on any atom is 0.339 e. The van der Waals surface area contributed by atoms with Crippen molar-refractivity contribution in [2.24, 2.45) is 4.99 Å². The summed E-state index contributed by atoms with van der Waals surface area (Å²) in [5, 5.41) is 9.26. The number of benzene rings is 1. The van der Waals surface area contributed by atoms with Gasteiger partial charge in [0.1, 0.15) is 11.3 Å². The monoisotopic (exact) mass is 269 g/mol. The lowest BCUT2D eigenvalue weighted by atomic mass is 10.0. The van der Waals surface area contributed by atoms with Crippen LogP contribution in [0.1, 0.15) is 22.8 Å². The molecule has 1 aromatic rings. The predicted molar refractivity (Wildman–Crippen MR) is 79.3 cm³/mol. The lowest BCUT2D eigenvalue weighted by Gasteiger charge is -2.13. The third-order valence-electron chi connectivity index (χ3n) is 2.74. The third-order valence-corrected chi connectivity index (χ3v) is 2.74. The number of rotatable bonds is 4. The van der Waals surface area contributed by atoms with Crippen LogP contribution in [0.2, 0.25) is 0 Å². The van der Waals surface area contributed by atoms with Crippen LogP contribution in [-0.4, -0.2) is 23.9 Å². The van der Waals surface area contributed by atoms with Crippen molar-refractivity contribution in [2.75, 3.05) is 6.61 Å². The summed E-state index contributed by atoms with van der Waals surface area (Å²) in [6.45, 7) is 2.23. The standard InChI is InChI=1S/C16H15NO3/c1-2-20-15-13(7-5-8-14(15)16(18)19)12-6-3-4-10-17-11-9-12/h3-11H,2H2,1H3,(H,18,19)/b4-3-,6-3?,10-4?,11-9?,12-6?,12-9?,17-10?,17-11?. The summed E-state index contributed by atoms with van der Waals surface area (Å²) in [4.78, 5) is 15.3. The average Bonchev–Trinajstić information content (AvgIpc) is 2.39. The molecular weight excluding hydrogens is 254 g/mol. The number of nitrogens with zero attached hydrogens (tertiary/aromatic N) is 1. The molecule has 0 spiro atoms. The average molecular weight is 269 g/mol. The van der Waals surface area contributed by atoms with Gasteiger partial charge in [-0.3, -0.25) is 4.99 Å². The van der Waals surface area contributed by atoms with Crippen LogP contribution in [0, 0.1) is 0 Å². The number of hydrogen-bond acceptors (Lipinski definition) is 3. The number of aliphatic imine (C=N–C) groups is 1. The Morgan fingerprint density at radius 2 is 2.20 bits per heavy atom. The van der Waals surface area contributed by atoms with E-state index in [0.717, 1.165) is 11.1 Å². The molecule has 20 heavy (non-hydrogen) atoms. The number of allylic oxidation sites excluding steroid dienone is 5. The van der Waals surface area contributed by atoms with Crippen LogP contribution >= 0.6 is 0 Å². The van der Waals surface area contributed by atoms with Crippen LogP contribution in [0.15, 0.2) is 53.7 Å². The molecule has 0 aliphatic carbocycles. The second-order valence-corrected chi connectivity index (χ2v) is 4.04. The van der Waals surface area contributed by atoms with Crippen molar-refractivity contribution in [3.63, 3.8) is 0 Å².